The number of nitrogens with zero attached hydrogens (tertiary/aromatic N) is 2. The predicted octanol–water partition coefficient (Wildman–Crippen LogP) is 1.25. The van der Waals surface area contributed by atoms with Crippen molar-refractivity contribution in [2.75, 3.05) is 5.32 Å². The Kier molecular flexibility index (Phi) is 2.76. The summed E-state index contributed by atoms with van der Waals surface area (Å²) in [4.78, 5) is 18.2. The maximum atomic E-state index is 10.7. The van der Waals surface area contributed by atoms with E-state index >= 15 is 0 Å². The first-order chi connectivity index (χ1) is 5.72. The molecule has 0 bridgehead atoms. The minimum atomic E-state index is -0.327. The summed E-state index contributed by atoms with van der Waals surface area (Å²) in [6, 6.07) is 0. The van der Waals surface area contributed by atoms with Crippen molar-refractivity contribution < 1.29 is 4.79 Å². The molecule has 1 N–H and O–H groups in total. The maximum Gasteiger partial charge on any atom is 0.248 e. The molecule has 0 aliphatic carbocycles. The largest absolute Gasteiger partial charge is 0.306 e. The average molecular weight is 184 g/mol. The molecule has 1 rings (SSSR count). The Hall–Kier alpha value is -1.42. The van der Waals surface area contributed by atoms with E-state index in [-0.39, 0.29) is 11.1 Å². The molecule has 0 atom stereocenters. The lowest BCUT2D eigenvalue weighted by atomic mass is 10.5. The van der Waals surface area contributed by atoms with Crippen LogP contribution in [-0.2, 0) is 4.79 Å². The number of halogens is 1. The third-order valence-corrected chi connectivity index (χ3v) is 1.25. The summed E-state index contributed by atoms with van der Waals surface area (Å²) in [6.07, 6.45) is 3.86. The minimum Gasteiger partial charge on any atom is -0.306 e. The Labute approximate surface area is 74.3 Å². The summed E-state index contributed by atoms with van der Waals surface area (Å²) >= 11 is 5.48. The minimum absolute atomic E-state index is 0.284. The van der Waals surface area contributed by atoms with Crippen molar-refractivity contribution in [2.45, 2.75) is 0 Å². The van der Waals surface area contributed by atoms with Gasteiger partial charge in [-0.15, -0.1) is 0 Å². The van der Waals surface area contributed by atoms with E-state index in [1.165, 1.54) is 12.4 Å². The number of carbonyl (C=O) groups excluding carboxylic acids is 1. The first-order valence-corrected chi connectivity index (χ1v) is 3.51. The Morgan fingerprint density at radius 1 is 1.58 bits per heavy atom. The normalized spacial score (nSPS) is 9.08. The van der Waals surface area contributed by atoms with E-state index in [1.807, 2.05) is 0 Å². The van der Waals surface area contributed by atoms with Gasteiger partial charge < -0.3 is 5.32 Å². The molecule has 0 saturated carbocycles. The molecule has 0 unspecified atom stereocenters. The smallest absolute Gasteiger partial charge is 0.248 e. The molecule has 0 fully saturated rings. The van der Waals surface area contributed by atoms with Crippen LogP contribution in [0, 0.1) is 0 Å². The number of anilines is 1. The fourth-order valence-electron chi connectivity index (χ4n) is 0.554. The first-order valence-electron chi connectivity index (χ1n) is 3.13. The summed E-state index contributed by atoms with van der Waals surface area (Å²) in [7, 11) is 0. The lowest BCUT2D eigenvalue weighted by Gasteiger charge is -1.98. The van der Waals surface area contributed by atoms with Crippen LogP contribution in [-0.4, -0.2) is 15.9 Å². The van der Waals surface area contributed by atoms with Gasteiger partial charge in [0.15, 0.2) is 5.82 Å². The molecule has 0 aliphatic rings. The number of amides is 1. The van der Waals surface area contributed by atoms with Gasteiger partial charge >= 0.3 is 0 Å². The number of nitrogens with one attached hydrogen (secondary N) is 1. The number of hydrogen-bond acceptors (Lipinski definition) is 3. The van der Waals surface area contributed by atoms with Gasteiger partial charge in [0, 0.05) is 0 Å². The van der Waals surface area contributed by atoms with Crippen LogP contribution in [0.1, 0.15) is 0 Å². The summed E-state index contributed by atoms with van der Waals surface area (Å²) < 4.78 is 0. The molecule has 0 radical (unpaired) electrons. The molecule has 1 heterocycles. The van der Waals surface area contributed by atoms with E-state index in [0.717, 1.165) is 6.08 Å². The van der Waals surface area contributed by atoms with Gasteiger partial charge in [-0.05, 0) is 6.08 Å². The second-order valence-electron chi connectivity index (χ2n) is 1.92. The molecule has 4 nitrogen and oxygen atoms in total. The Bertz CT molecular complexity index is 296. The predicted molar refractivity (Wildman–Crippen MR) is 45.9 cm³/mol. The van der Waals surface area contributed by atoms with Gasteiger partial charge in [-0.3, -0.25) is 4.79 Å². The van der Waals surface area contributed by atoms with Gasteiger partial charge in [0.2, 0.25) is 5.91 Å². The van der Waals surface area contributed by atoms with E-state index in [1.54, 1.807) is 0 Å². The Morgan fingerprint density at radius 2 is 2.33 bits per heavy atom. The van der Waals surface area contributed by atoms with E-state index < -0.39 is 0 Å². The van der Waals surface area contributed by atoms with Crippen molar-refractivity contribution in [3.8, 4) is 0 Å². The zero-order chi connectivity index (χ0) is 8.97. The van der Waals surface area contributed by atoms with Gasteiger partial charge in [0.1, 0.15) is 5.15 Å². The van der Waals surface area contributed by atoms with Crippen LogP contribution in [0.4, 0.5) is 5.82 Å². The van der Waals surface area contributed by atoms with Crippen LogP contribution in [0.5, 0.6) is 0 Å². The Balaban J connectivity index is 2.71. The zero-order valence-electron chi connectivity index (χ0n) is 6.12. The quantitative estimate of drug-likeness (QED) is 0.703. The van der Waals surface area contributed by atoms with E-state index in [9.17, 15) is 4.79 Å². The van der Waals surface area contributed by atoms with E-state index in [2.05, 4.69) is 21.9 Å². The standard InChI is InChI=1S/C7H6ClN3O/c1-2-7(12)11-6-4-9-5(8)3-10-6/h2-4H,1H2,(H,10,11,12). The highest BCUT2D eigenvalue weighted by Crippen LogP contribution is 2.04. The van der Waals surface area contributed by atoms with Gasteiger partial charge in [-0.1, -0.05) is 18.2 Å². The summed E-state index contributed by atoms with van der Waals surface area (Å²) in [5.74, 6) is 0.0240. The summed E-state index contributed by atoms with van der Waals surface area (Å²) in [5, 5.41) is 2.71. The molecule has 0 saturated heterocycles. The molecule has 0 aromatic carbocycles. The lowest BCUT2D eigenvalue weighted by Crippen LogP contribution is -2.08. The molecule has 1 amide bonds. The lowest BCUT2D eigenvalue weighted by molar-refractivity contribution is -0.111. The summed E-state index contributed by atoms with van der Waals surface area (Å²) in [5.41, 5.74) is 0. The van der Waals surface area contributed by atoms with Gasteiger partial charge in [0.25, 0.3) is 0 Å². The molecule has 5 heteroatoms. The zero-order valence-corrected chi connectivity index (χ0v) is 6.88. The van der Waals surface area contributed by atoms with Crippen molar-refractivity contribution in [1.82, 2.24) is 9.97 Å². The van der Waals surface area contributed by atoms with E-state index in [4.69, 9.17) is 11.6 Å². The topological polar surface area (TPSA) is 54.9 Å². The van der Waals surface area contributed by atoms with Gasteiger partial charge in [-0.2, -0.15) is 0 Å². The second-order valence-corrected chi connectivity index (χ2v) is 2.30. The highest BCUT2D eigenvalue weighted by atomic mass is 35.5. The highest BCUT2D eigenvalue weighted by molar-refractivity contribution is 6.29. The molecule has 62 valence electrons. The molecular formula is C7H6ClN3O. The van der Waals surface area contributed by atoms with Crippen molar-refractivity contribution in [1.29, 1.82) is 0 Å². The van der Waals surface area contributed by atoms with Gasteiger partial charge in [-0.25, -0.2) is 9.97 Å². The third-order valence-electron chi connectivity index (χ3n) is 1.06. The molecule has 1 aromatic rings. The Morgan fingerprint density at radius 3 is 2.83 bits per heavy atom. The molecule has 12 heavy (non-hydrogen) atoms. The molecular weight excluding hydrogens is 178 g/mol. The van der Waals surface area contributed by atoms with Crippen LogP contribution < -0.4 is 5.32 Å². The number of hydrogen-bond donors (Lipinski definition) is 1. The number of rotatable bonds is 2. The fraction of sp³-hybridized carbons (Fsp3) is 0. The average Bonchev–Trinajstić information content (AvgIpc) is 2.09. The highest BCUT2D eigenvalue weighted by Gasteiger charge is 1.97. The SMILES string of the molecule is C=CC(=O)Nc1cnc(Cl)cn1. The van der Waals surface area contributed by atoms with Crippen molar-refractivity contribution in [2.24, 2.45) is 0 Å². The van der Waals surface area contributed by atoms with Crippen LogP contribution >= 0.6 is 11.6 Å². The number of aromatic nitrogens is 2. The monoisotopic (exact) mass is 183 g/mol. The van der Waals surface area contributed by atoms with Crippen LogP contribution in [0.25, 0.3) is 0 Å². The van der Waals surface area contributed by atoms with Crippen molar-refractivity contribution >= 4 is 23.3 Å². The molecule has 1 aromatic heterocycles. The van der Waals surface area contributed by atoms with Crippen LogP contribution in [0.2, 0.25) is 5.15 Å². The van der Waals surface area contributed by atoms with Crippen molar-refractivity contribution in [3.63, 3.8) is 0 Å². The van der Waals surface area contributed by atoms with Crippen LogP contribution in [0.15, 0.2) is 25.0 Å². The second kappa shape index (κ2) is 3.82. The fourth-order valence-corrected chi connectivity index (χ4v) is 0.652. The maximum absolute atomic E-state index is 10.7. The summed E-state index contributed by atoms with van der Waals surface area (Å²) in [6.45, 7) is 3.29. The van der Waals surface area contributed by atoms with Gasteiger partial charge in [0.05, 0.1) is 12.4 Å². The number of carbonyl (C=O) groups is 1. The third kappa shape index (κ3) is 2.32. The first kappa shape index (κ1) is 8.67. The van der Waals surface area contributed by atoms with E-state index in [0.29, 0.717) is 5.82 Å². The molecule has 0 aliphatic heterocycles. The van der Waals surface area contributed by atoms with Crippen LogP contribution in [0.3, 0.4) is 0 Å². The molecule has 0 spiro atoms. The van der Waals surface area contributed by atoms with Crippen molar-refractivity contribution in [3.05, 3.63) is 30.2 Å².